The van der Waals surface area contributed by atoms with Crippen LogP contribution in [-0.2, 0) is 11.2 Å². The molecule has 106 valence electrons. The van der Waals surface area contributed by atoms with Crippen molar-refractivity contribution in [3.63, 3.8) is 0 Å². The fourth-order valence-corrected chi connectivity index (χ4v) is 1.79. The lowest BCUT2D eigenvalue weighted by Crippen LogP contribution is -2.39. The predicted molar refractivity (Wildman–Crippen MR) is 71.0 cm³/mol. The van der Waals surface area contributed by atoms with Crippen LogP contribution in [0.4, 0.5) is 0 Å². The molecule has 2 N–H and O–H groups in total. The maximum atomic E-state index is 12.2. The molecule has 6 heteroatoms. The molecule has 0 fully saturated rings. The van der Waals surface area contributed by atoms with E-state index < -0.39 is 0 Å². The molecule has 0 spiro atoms. The van der Waals surface area contributed by atoms with Crippen molar-refractivity contribution in [3.8, 4) is 0 Å². The molecule has 0 saturated carbocycles. The topological polar surface area (TPSA) is 84.3 Å². The molecule has 0 aliphatic rings. The minimum absolute atomic E-state index is 0.00254. The minimum Gasteiger partial charge on any atom is -0.396 e. The predicted octanol–water partition coefficient (Wildman–Crippen LogP) is 0.475. The van der Waals surface area contributed by atoms with E-state index >= 15 is 0 Å². The minimum atomic E-state index is -0.208. The number of hydrogen-bond acceptors (Lipinski definition) is 5. The lowest BCUT2D eigenvalue weighted by Gasteiger charge is -2.17. The SMILES string of the molecule is CCc1nnc(C)cc1C(=O)NC(CCO)COC. The van der Waals surface area contributed by atoms with E-state index in [4.69, 9.17) is 9.84 Å². The summed E-state index contributed by atoms with van der Waals surface area (Å²) in [4.78, 5) is 12.2. The van der Waals surface area contributed by atoms with E-state index in [0.717, 1.165) is 0 Å². The van der Waals surface area contributed by atoms with Crippen molar-refractivity contribution in [1.82, 2.24) is 15.5 Å². The number of aromatic nitrogens is 2. The molecule has 1 aromatic heterocycles. The number of amides is 1. The third kappa shape index (κ3) is 4.57. The number of carbonyl (C=O) groups is 1. The van der Waals surface area contributed by atoms with Crippen LogP contribution in [0, 0.1) is 6.92 Å². The Morgan fingerprint density at radius 2 is 2.26 bits per heavy atom. The van der Waals surface area contributed by atoms with Crippen LogP contribution in [-0.4, -0.2) is 47.6 Å². The van der Waals surface area contributed by atoms with Crippen molar-refractivity contribution in [2.45, 2.75) is 32.7 Å². The summed E-state index contributed by atoms with van der Waals surface area (Å²) < 4.78 is 5.02. The van der Waals surface area contributed by atoms with Crippen molar-refractivity contribution in [2.75, 3.05) is 20.3 Å². The highest BCUT2D eigenvalue weighted by Crippen LogP contribution is 2.08. The molecule has 0 bridgehead atoms. The summed E-state index contributed by atoms with van der Waals surface area (Å²) in [5.74, 6) is -0.203. The van der Waals surface area contributed by atoms with E-state index in [1.807, 2.05) is 6.92 Å². The summed E-state index contributed by atoms with van der Waals surface area (Å²) in [6, 6.07) is 1.52. The monoisotopic (exact) mass is 267 g/mol. The zero-order valence-corrected chi connectivity index (χ0v) is 11.6. The fourth-order valence-electron chi connectivity index (χ4n) is 1.79. The number of hydrogen-bond donors (Lipinski definition) is 2. The maximum absolute atomic E-state index is 12.2. The van der Waals surface area contributed by atoms with E-state index in [1.165, 1.54) is 0 Å². The molecule has 0 aliphatic carbocycles. The normalized spacial score (nSPS) is 12.2. The van der Waals surface area contributed by atoms with E-state index in [0.29, 0.717) is 36.4 Å². The molecule has 1 rings (SSSR count). The fraction of sp³-hybridized carbons (Fsp3) is 0.615. The van der Waals surface area contributed by atoms with Gasteiger partial charge in [0, 0.05) is 13.7 Å². The van der Waals surface area contributed by atoms with Crippen molar-refractivity contribution in [3.05, 3.63) is 23.0 Å². The largest absolute Gasteiger partial charge is 0.396 e. The molecular weight excluding hydrogens is 246 g/mol. The molecule has 0 radical (unpaired) electrons. The summed E-state index contributed by atoms with van der Waals surface area (Å²) in [6.07, 6.45) is 1.10. The van der Waals surface area contributed by atoms with E-state index in [-0.39, 0.29) is 18.6 Å². The molecule has 1 unspecified atom stereocenters. The number of aryl methyl sites for hydroxylation is 2. The first-order valence-electron chi connectivity index (χ1n) is 6.36. The second kappa shape index (κ2) is 7.81. The number of nitrogens with zero attached hydrogens (tertiary/aromatic N) is 2. The van der Waals surface area contributed by atoms with Crippen molar-refractivity contribution in [1.29, 1.82) is 0 Å². The molecule has 1 aromatic rings. The molecule has 1 amide bonds. The number of ether oxygens (including phenoxy) is 1. The standard InChI is InChI=1S/C13H21N3O3/c1-4-12-11(7-9(2)15-16-12)13(18)14-10(5-6-17)8-19-3/h7,10,17H,4-6,8H2,1-3H3,(H,14,18). The maximum Gasteiger partial charge on any atom is 0.253 e. The lowest BCUT2D eigenvalue weighted by molar-refractivity contribution is 0.0877. The molecular formula is C13H21N3O3. The molecule has 0 aliphatic heterocycles. The highest BCUT2D eigenvalue weighted by molar-refractivity contribution is 5.95. The van der Waals surface area contributed by atoms with Crippen LogP contribution in [0.25, 0.3) is 0 Å². The zero-order valence-electron chi connectivity index (χ0n) is 11.6. The van der Waals surface area contributed by atoms with Crippen LogP contribution in [0.3, 0.4) is 0 Å². The van der Waals surface area contributed by atoms with Crippen LogP contribution in [0.15, 0.2) is 6.07 Å². The Balaban J connectivity index is 2.83. The van der Waals surface area contributed by atoms with Gasteiger partial charge in [-0.25, -0.2) is 0 Å². The van der Waals surface area contributed by atoms with Gasteiger partial charge in [-0.3, -0.25) is 4.79 Å². The zero-order chi connectivity index (χ0) is 14.3. The van der Waals surface area contributed by atoms with Gasteiger partial charge in [0.05, 0.1) is 29.6 Å². The van der Waals surface area contributed by atoms with Crippen molar-refractivity contribution < 1.29 is 14.6 Å². The number of aliphatic hydroxyl groups excluding tert-OH is 1. The highest BCUT2D eigenvalue weighted by Gasteiger charge is 2.17. The summed E-state index contributed by atoms with van der Waals surface area (Å²) in [6.45, 7) is 4.09. The second-order valence-electron chi connectivity index (χ2n) is 4.34. The van der Waals surface area contributed by atoms with Gasteiger partial charge in [0.15, 0.2) is 0 Å². The Hall–Kier alpha value is -1.53. The van der Waals surface area contributed by atoms with E-state index in [9.17, 15) is 4.79 Å². The summed E-state index contributed by atoms with van der Waals surface area (Å²) in [7, 11) is 1.56. The Kier molecular flexibility index (Phi) is 6.38. The van der Waals surface area contributed by atoms with Gasteiger partial charge < -0.3 is 15.2 Å². The summed E-state index contributed by atoms with van der Waals surface area (Å²) >= 11 is 0. The third-order valence-electron chi connectivity index (χ3n) is 2.75. The summed E-state index contributed by atoms with van der Waals surface area (Å²) in [5.41, 5.74) is 1.91. The molecule has 1 atom stereocenters. The van der Waals surface area contributed by atoms with Crippen LogP contribution >= 0.6 is 0 Å². The molecule has 1 heterocycles. The van der Waals surface area contributed by atoms with Gasteiger partial charge in [0.1, 0.15) is 0 Å². The van der Waals surface area contributed by atoms with Gasteiger partial charge in [-0.2, -0.15) is 10.2 Å². The third-order valence-corrected chi connectivity index (χ3v) is 2.75. The van der Waals surface area contributed by atoms with Gasteiger partial charge in [-0.15, -0.1) is 0 Å². The van der Waals surface area contributed by atoms with Crippen LogP contribution < -0.4 is 5.32 Å². The number of nitrogens with one attached hydrogen (secondary N) is 1. The Morgan fingerprint density at radius 3 is 2.84 bits per heavy atom. The summed E-state index contributed by atoms with van der Waals surface area (Å²) in [5, 5.41) is 19.8. The van der Waals surface area contributed by atoms with Crippen molar-refractivity contribution in [2.24, 2.45) is 0 Å². The highest BCUT2D eigenvalue weighted by atomic mass is 16.5. The number of methoxy groups -OCH3 is 1. The molecule has 0 aromatic carbocycles. The van der Waals surface area contributed by atoms with Crippen LogP contribution in [0.5, 0.6) is 0 Å². The number of rotatable bonds is 7. The number of aliphatic hydroxyl groups is 1. The first kappa shape index (κ1) is 15.5. The Morgan fingerprint density at radius 1 is 1.53 bits per heavy atom. The van der Waals surface area contributed by atoms with Gasteiger partial charge in [0.25, 0.3) is 5.91 Å². The van der Waals surface area contributed by atoms with Gasteiger partial charge in [-0.05, 0) is 25.8 Å². The van der Waals surface area contributed by atoms with Gasteiger partial charge in [-0.1, -0.05) is 6.92 Å². The average molecular weight is 267 g/mol. The van der Waals surface area contributed by atoms with E-state index in [2.05, 4.69) is 15.5 Å². The Bertz CT molecular complexity index is 418. The van der Waals surface area contributed by atoms with Gasteiger partial charge in [0.2, 0.25) is 0 Å². The van der Waals surface area contributed by atoms with Crippen molar-refractivity contribution >= 4 is 5.91 Å². The van der Waals surface area contributed by atoms with Gasteiger partial charge >= 0.3 is 0 Å². The molecule has 6 nitrogen and oxygen atoms in total. The first-order valence-corrected chi connectivity index (χ1v) is 6.36. The number of carbonyl (C=O) groups excluding carboxylic acids is 1. The Labute approximate surface area is 113 Å². The molecule has 0 saturated heterocycles. The van der Waals surface area contributed by atoms with E-state index in [1.54, 1.807) is 20.1 Å². The molecule has 19 heavy (non-hydrogen) atoms. The lowest BCUT2D eigenvalue weighted by atomic mass is 10.1. The second-order valence-corrected chi connectivity index (χ2v) is 4.34. The smallest absolute Gasteiger partial charge is 0.253 e. The van der Waals surface area contributed by atoms with Crippen LogP contribution in [0.2, 0.25) is 0 Å². The van der Waals surface area contributed by atoms with Crippen LogP contribution in [0.1, 0.15) is 35.1 Å². The quantitative estimate of drug-likeness (QED) is 0.750. The average Bonchev–Trinajstić information content (AvgIpc) is 2.39. The first-order chi connectivity index (χ1) is 9.12.